The van der Waals surface area contributed by atoms with Crippen LogP contribution in [0.4, 0.5) is 0 Å². The molecule has 0 saturated carbocycles. The zero-order valence-electron chi connectivity index (χ0n) is 25.9. The summed E-state index contributed by atoms with van der Waals surface area (Å²) < 4.78 is 2.54. The van der Waals surface area contributed by atoms with Gasteiger partial charge in [0.15, 0.2) is 0 Å². The summed E-state index contributed by atoms with van der Waals surface area (Å²) >= 11 is 0. The minimum atomic E-state index is 1.03. The number of hydrogen-bond acceptors (Lipinski definition) is 0. The standard InChI is InChI=1S/C46H31N/c1-3-14-37-30(10-1)20-21-36-27-33(22-24-39(36)37)31-12-9-13-32(26-31)34-23-25-45-43(28-34)42-18-7-8-19-44(42)47(45)46-29-35-11-2-4-15-38(35)40-16-5-6-17-41(40)46/h1-7,9-18,20-29H,8,19H2. The van der Waals surface area contributed by atoms with Crippen molar-refractivity contribution in [2.75, 3.05) is 0 Å². The average molecular weight is 598 g/mol. The number of aromatic nitrogens is 1. The van der Waals surface area contributed by atoms with Gasteiger partial charge in [-0.05, 0) is 103 Å². The van der Waals surface area contributed by atoms with E-state index < -0.39 is 0 Å². The van der Waals surface area contributed by atoms with E-state index in [-0.39, 0.29) is 0 Å². The lowest BCUT2D eigenvalue weighted by atomic mass is 9.94. The Balaban J connectivity index is 1.13. The van der Waals surface area contributed by atoms with Crippen LogP contribution in [0.15, 0.2) is 158 Å². The van der Waals surface area contributed by atoms with Gasteiger partial charge in [-0.3, -0.25) is 0 Å². The summed E-state index contributed by atoms with van der Waals surface area (Å²) in [4.78, 5) is 0. The van der Waals surface area contributed by atoms with Crippen molar-refractivity contribution in [3.63, 3.8) is 0 Å². The predicted octanol–water partition coefficient (Wildman–Crippen LogP) is 12.5. The zero-order chi connectivity index (χ0) is 30.9. The highest BCUT2D eigenvalue weighted by Gasteiger charge is 2.21. The van der Waals surface area contributed by atoms with Crippen molar-refractivity contribution in [3.8, 4) is 27.9 Å². The Morgan fingerprint density at radius 1 is 0.404 bits per heavy atom. The summed E-state index contributed by atoms with van der Waals surface area (Å²) in [5, 5.41) is 11.7. The van der Waals surface area contributed by atoms with Crippen molar-refractivity contribution in [2.45, 2.75) is 12.8 Å². The second-order valence-electron chi connectivity index (χ2n) is 12.8. The van der Waals surface area contributed by atoms with Crippen molar-refractivity contribution in [3.05, 3.63) is 169 Å². The molecule has 47 heavy (non-hydrogen) atoms. The second kappa shape index (κ2) is 10.3. The summed E-state index contributed by atoms with van der Waals surface area (Å²) in [6.07, 6.45) is 6.77. The van der Waals surface area contributed by atoms with Gasteiger partial charge in [0.05, 0.1) is 11.2 Å². The minimum Gasteiger partial charge on any atom is -0.312 e. The molecule has 0 N–H and O–H groups in total. The lowest BCUT2D eigenvalue weighted by molar-refractivity contribution is 0.892. The highest BCUT2D eigenvalue weighted by molar-refractivity contribution is 6.12. The third-order valence-electron chi connectivity index (χ3n) is 10.2. The van der Waals surface area contributed by atoms with Crippen molar-refractivity contribution in [1.29, 1.82) is 0 Å². The molecule has 8 aromatic carbocycles. The fourth-order valence-electron chi connectivity index (χ4n) is 7.97. The molecule has 1 heteroatoms. The van der Waals surface area contributed by atoms with Gasteiger partial charge < -0.3 is 4.57 Å². The molecule has 1 aliphatic carbocycles. The van der Waals surface area contributed by atoms with Crippen molar-refractivity contribution < 1.29 is 0 Å². The smallest absolute Gasteiger partial charge is 0.0543 e. The summed E-state index contributed by atoms with van der Waals surface area (Å²) in [5.74, 6) is 0. The third-order valence-corrected chi connectivity index (χ3v) is 10.2. The lowest BCUT2D eigenvalue weighted by Gasteiger charge is -2.17. The lowest BCUT2D eigenvalue weighted by Crippen LogP contribution is -2.04. The molecule has 0 amide bonds. The molecule has 9 aromatic rings. The minimum absolute atomic E-state index is 1.03. The number of allylic oxidation sites excluding steroid dienone is 1. The maximum Gasteiger partial charge on any atom is 0.0543 e. The van der Waals surface area contributed by atoms with E-state index in [1.165, 1.54) is 93.2 Å². The summed E-state index contributed by atoms with van der Waals surface area (Å²) in [5.41, 5.74) is 10.2. The Bertz CT molecular complexity index is 2740. The van der Waals surface area contributed by atoms with Gasteiger partial charge in [-0.2, -0.15) is 0 Å². The Morgan fingerprint density at radius 3 is 1.87 bits per heavy atom. The van der Waals surface area contributed by atoms with Gasteiger partial charge in [0.2, 0.25) is 0 Å². The predicted molar refractivity (Wildman–Crippen MR) is 202 cm³/mol. The van der Waals surface area contributed by atoms with E-state index in [9.17, 15) is 0 Å². The van der Waals surface area contributed by atoms with Crippen LogP contribution in [0.3, 0.4) is 0 Å². The average Bonchev–Trinajstić information content (AvgIpc) is 3.48. The Kier molecular flexibility index (Phi) is 5.77. The van der Waals surface area contributed by atoms with Gasteiger partial charge in [0, 0.05) is 22.0 Å². The summed E-state index contributed by atoms with van der Waals surface area (Å²) in [6.45, 7) is 0. The number of benzene rings is 8. The molecule has 0 fully saturated rings. The van der Waals surface area contributed by atoms with Gasteiger partial charge in [-0.25, -0.2) is 0 Å². The first kappa shape index (κ1) is 26.3. The molecule has 0 spiro atoms. The van der Waals surface area contributed by atoms with Crippen LogP contribution in [0.1, 0.15) is 17.7 Å². The number of rotatable bonds is 3. The van der Waals surface area contributed by atoms with E-state index in [1.54, 1.807) is 0 Å². The largest absolute Gasteiger partial charge is 0.312 e. The molecule has 1 aliphatic rings. The molecule has 220 valence electrons. The van der Waals surface area contributed by atoms with E-state index in [4.69, 9.17) is 0 Å². The molecule has 1 nitrogen and oxygen atoms in total. The number of hydrogen-bond donors (Lipinski definition) is 0. The Hall–Kier alpha value is -5.92. The molecule has 10 rings (SSSR count). The van der Waals surface area contributed by atoms with Gasteiger partial charge in [0.1, 0.15) is 0 Å². The molecule has 1 aromatic heterocycles. The highest BCUT2D eigenvalue weighted by atomic mass is 15.0. The van der Waals surface area contributed by atoms with Gasteiger partial charge in [0.25, 0.3) is 0 Å². The maximum atomic E-state index is 2.54. The van der Waals surface area contributed by atoms with E-state index in [1.807, 2.05) is 0 Å². The van der Waals surface area contributed by atoms with Crippen LogP contribution in [-0.4, -0.2) is 4.57 Å². The molecule has 0 radical (unpaired) electrons. The fraction of sp³-hybridized carbons (Fsp3) is 0.0435. The molecule has 1 heterocycles. The van der Waals surface area contributed by atoms with Crippen LogP contribution in [-0.2, 0) is 6.42 Å². The maximum absolute atomic E-state index is 2.54. The van der Waals surface area contributed by atoms with Crippen LogP contribution in [0.5, 0.6) is 0 Å². The van der Waals surface area contributed by atoms with E-state index >= 15 is 0 Å². The first-order valence-corrected chi connectivity index (χ1v) is 16.6. The second-order valence-corrected chi connectivity index (χ2v) is 12.8. The van der Waals surface area contributed by atoms with Crippen LogP contribution < -0.4 is 0 Å². The SMILES string of the molecule is C1=Cc2c(n(-c3cc4ccccc4c4ccccc34)c3ccc(-c4cccc(-c5ccc6c(ccc7ccccc76)c5)c4)cc23)CC1. The molecule has 0 bridgehead atoms. The van der Waals surface area contributed by atoms with E-state index in [0.717, 1.165) is 12.8 Å². The van der Waals surface area contributed by atoms with E-state index in [2.05, 4.69) is 168 Å². The fourth-order valence-corrected chi connectivity index (χ4v) is 7.97. The van der Waals surface area contributed by atoms with Gasteiger partial charge in [-0.15, -0.1) is 0 Å². The van der Waals surface area contributed by atoms with Crippen molar-refractivity contribution in [1.82, 2.24) is 4.57 Å². The Morgan fingerprint density at radius 2 is 1.02 bits per heavy atom. The van der Waals surface area contributed by atoms with Gasteiger partial charge in [-0.1, -0.05) is 133 Å². The van der Waals surface area contributed by atoms with Crippen molar-refractivity contribution >= 4 is 60.1 Å². The van der Waals surface area contributed by atoms with Crippen LogP contribution >= 0.6 is 0 Å². The molecule has 0 saturated heterocycles. The quantitative estimate of drug-likeness (QED) is 0.179. The zero-order valence-corrected chi connectivity index (χ0v) is 25.9. The Labute approximate surface area is 273 Å². The van der Waals surface area contributed by atoms with Crippen LogP contribution in [0, 0.1) is 0 Å². The molecular weight excluding hydrogens is 567 g/mol. The highest BCUT2D eigenvalue weighted by Crippen LogP contribution is 2.40. The summed E-state index contributed by atoms with van der Waals surface area (Å²) in [6, 6.07) is 56.1. The molecular formula is C46H31N. The monoisotopic (exact) mass is 597 g/mol. The number of nitrogens with zero attached hydrogens (tertiary/aromatic N) is 1. The van der Waals surface area contributed by atoms with Crippen LogP contribution in [0.2, 0.25) is 0 Å². The molecule has 0 unspecified atom stereocenters. The topological polar surface area (TPSA) is 4.93 Å². The van der Waals surface area contributed by atoms with Crippen LogP contribution in [0.25, 0.3) is 88.0 Å². The first-order valence-electron chi connectivity index (χ1n) is 16.6. The van der Waals surface area contributed by atoms with Crippen molar-refractivity contribution in [2.24, 2.45) is 0 Å². The molecule has 0 aliphatic heterocycles. The first-order chi connectivity index (χ1) is 23.3. The van der Waals surface area contributed by atoms with E-state index in [0.29, 0.717) is 0 Å². The third kappa shape index (κ3) is 4.10. The molecule has 0 atom stereocenters. The van der Waals surface area contributed by atoms with Gasteiger partial charge >= 0.3 is 0 Å². The summed E-state index contributed by atoms with van der Waals surface area (Å²) in [7, 11) is 0. The normalized spacial score (nSPS) is 12.9. The number of fused-ring (bicyclic) bond motifs is 9.